The van der Waals surface area contributed by atoms with Crippen LogP contribution in [0.15, 0.2) is 99.5 Å². The molecule has 0 saturated heterocycles. The first-order chi connectivity index (χ1) is 17.1. The van der Waals surface area contributed by atoms with E-state index in [9.17, 15) is 0 Å². The van der Waals surface area contributed by atoms with Gasteiger partial charge in [0.25, 0.3) is 0 Å². The van der Waals surface area contributed by atoms with Crippen LogP contribution in [0.4, 0.5) is 0 Å². The van der Waals surface area contributed by atoms with Gasteiger partial charge in [0.1, 0.15) is 11.0 Å². The molecule has 4 heteroatoms. The van der Waals surface area contributed by atoms with Crippen molar-refractivity contribution in [2.24, 2.45) is 0 Å². The number of hydrogen-bond acceptors (Lipinski definition) is 4. The van der Waals surface area contributed by atoms with Gasteiger partial charge in [-0.25, -0.2) is 9.97 Å². The van der Waals surface area contributed by atoms with Crippen LogP contribution in [-0.2, 0) is 0 Å². The smallest absolute Gasteiger partial charge is 0.227 e. The standard InChI is InChI=1S/C31H22N2O2/c1-20-6-16-28-26(18-20)32-30(34-28)24-12-8-22(9-13-24)4-3-5-23-10-14-25(15-11-23)31-33-27-19-21(2)7-17-29(27)35-31/h4-19H,1-2H3. The molecule has 4 aromatic carbocycles. The van der Waals surface area contributed by atoms with E-state index in [4.69, 9.17) is 8.83 Å². The highest BCUT2D eigenvalue weighted by Gasteiger charge is 2.09. The number of aryl methyl sites for hydroxylation is 2. The number of hydrogen-bond donors (Lipinski definition) is 0. The van der Waals surface area contributed by atoms with E-state index in [1.54, 1.807) is 0 Å². The maximum absolute atomic E-state index is 5.90. The van der Waals surface area contributed by atoms with Crippen molar-refractivity contribution < 1.29 is 8.83 Å². The highest BCUT2D eigenvalue weighted by atomic mass is 16.4. The maximum atomic E-state index is 5.90. The third-order valence-electron chi connectivity index (χ3n) is 5.90. The summed E-state index contributed by atoms with van der Waals surface area (Å²) < 4.78 is 11.8. The minimum absolute atomic E-state index is 0.630. The monoisotopic (exact) mass is 454 g/mol. The van der Waals surface area contributed by atoms with Crippen LogP contribution in [0, 0.1) is 13.8 Å². The zero-order chi connectivity index (χ0) is 23.8. The molecule has 0 aliphatic carbocycles. The minimum Gasteiger partial charge on any atom is -0.436 e. The van der Waals surface area contributed by atoms with Gasteiger partial charge in [0.05, 0.1) is 0 Å². The van der Waals surface area contributed by atoms with E-state index >= 15 is 0 Å². The van der Waals surface area contributed by atoms with Crippen molar-refractivity contribution in [3.63, 3.8) is 0 Å². The third-order valence-corrected chi connectivity index (χ3v) is 5.90. The van der Waals surface area contributed by atoms with Crippen LogP contribution in [0.1, 0.15) is 22.3 Å². The Balaban J connectivity index is 1.17. The second-order valence-electron chi connectivity index (χ2n) is 8.68. The molecule has 0 amide bonds. The molecular weight excluding hydrogens is 432 g/mol. The fourth-order valence-electron chi connectivity index (χ4n) is 4.00. The summed E-state index contributed by atoms with van der Waals surface area (Å²) in [4.78, 5) is 9.22. The predicted molar refractivity (Wildman–Crippen MR) is 141 cm³/mol. The molecule has 2 heterocycles. The van der Waals surface area contributed by atoms with Crippen LogP contribution >= 0.6 is 0 Å². The summed E-state index contributed by atoms with van der Waals surface area (Å²) in [6, 6.07) is 28.3. The van der Waals surface area contributed by atoms with E-state index in [1.165, 1.54) is 11.1 Å². The molecule has 2 aromatic heterocycles. The van der Waals surface area contributed by atoms with Crippen LogP contribution in [0.3, 0.4) is 0 Å². The van der Waals surface area contributed by atoms with Gasteiger partial charge in [-0.2, -0.15) is 0 Å². The Morgan fingerprint density at radius 1 is 0.571 bits per heavy atom. The molecule has 0 spiro atoms. The van der Waals surface area contributed by atoms with Gasteiger partial charge >= 0.3 is 0 Å². The van der Waals surface area contributed by atoms with E-state index in [-0.39, 0.29) is 0 Å². The lowest BCUT2D eigenvalue weighted by molar-refractivity contribution is 0.619. The molecular formula is C31H22N2O2. The molecule has 0 fully saturated rings. The van der Waals surface area contributed by atoms with E-state index in [0.717, 1.165) is 44.5 Å². The highest BCUT2D eigenvalue weighted by Crippen LogP contribution is 2.26. The maximum Gasteiger partial charge on any atom is 0.227 e. The zero-order valence-electron chi connectivity index (χ0n) is 19.4. The second-order valence-corrected chi connectivity index (χ2v) is 8.68. The molecule has 4 nitrogen and oxygen atoms in total. The van der Waals surface area contributed by atoms with Crippen molar-refractivity contribution in [2.45, 2.75) is 13.8 Å². The minimum atomic E-state index is 0.630. The van der Waals surface area contributed by atoms with E-state index in [0.29, 0.717) is 11.8 Å². The number of rotatable bonds is 4. The van der Waals surface area contributed by atoms with Crippen LogP contribution in [-0.4, -0.2) is 9.97 Å². The Kier molecular flexibility index (Phi) is 5.14. The number of benzene rings is 4. The molecule has 6 aromatic rings. The summed E-state index contributed by atoms with van der Waals surface area (Å²) >= 11 is 0. The molecule has 168 valence electrons. The van der Waals surface area contributed by atoms with Gasteiger partial charge in [-0.15, -0.1) is 5.73 Å². The van der Waals surface area contributed by atoms with E-state index in [2.05, 4.69) is 29.5 Å². The lowest BCUT2D eigenvalue weighted by atomic mass is 10.1. The SMILES string of the molecule is Cc1ccc2oc(-c3ccc(C=C=Cc4ccc(-c5nc6cc(C)ccc6o5)cc4)cc3)nc2c1. The summed E-state index contributed by atoms with van der Waals surface area (Å²) in [6.07, 6.45) is 3.91. The molecule has 6 rings (SSSR count). The predicted octanol–water partition coefficient (Wildman–Crippen LogP) is 8.25. The first-order valence-corrected chi connectivity index (χ1v) is 11.5. The first-order valence-electron chi connectivity index (χ1n) is 11.5. The van der Waals surface area contributed by atoms with E-state index < -0.39 is 0 Å². The third kappa shape index (κ3) is 4.31. The summed E-state index contributed by atoms with van der Waals surface area (Å²) in [7, 11) is 0. The molecule has 0 bridgehead atoms. The average molecular weight is 455 g/mol. The summed E-state index contributed by atoms with van der Waals surface area (Å²) in [5.74, 6) is 1.26. The Labute approximate surface area is 202 Å². The molecule has 35 heavy (non-hydrogen) atoms. The lowest BCUT2D eigenvalue weighted by Crippen LogP contribution is -1.78. The summed E-state index contributed by atoms with van der Waals surface area (Å²) in [5, 5.41) is 0. The molecule has 0 aliphatic rings. The van der Waals surface area contributed by atoms with Crippen molar-refractivity contribution >= 4 is 34.4 Å². The quantitative estimate of drug-likeness (QED) is 0.252. The van der Waals surface area contributed by atoms with Gasteiger partial charge in [-0.3, -0.25) is 0 Å². The normalized spacial score (nSPS) is 11.0. The van der Waals surface area contributed by atoms with Gasteiger partial charge < -0.3 is 8.83 Å². The highest BCUT2D eigenvalue weighted by molar-refractivity contribution is 5.78. The van der Waals surface area contributed by atoms with Crippen LogP contribution in [0.2, 0.25) is 0 Å². The van der Waals surface area contributed by atoms with Gasteiger partial charge in [-0.05, 0) is 96.8 Å². The summed E-state index contributed by atoms with van der Waals surface area (Å²) in [5.41, 5.74) is 13.0. The molecule has 0 radical (unpaired) electrons. The van der Waals surface area contributed by atoms with Crippen molar-refractivity contribution in [3.8, 4) is 22.9 Å². The van der Waals surface area contributed by atoms with Gasteiger partial charge in [0.2, 0.25) is 11.8 Å². The average Bonchev–Trinajstić information content (AvgIpc) is 3.48. The summed E-state index contributed by atoms with van der Waals surface area (Å²) in [6.45, 7) is 4.10. The Bertz CT molecular complexity index is 1600. The largest absolute Gasteiger partial charge is 0.436 e. The molecule has 0 aliphatic heterocycles. The molecule has 0 N–H and O–H groups in total. The molecule has 0 atom stereocenters. The van der Waals surface area contributed by atoms with Gasteiger partial charge in [0.15, 0.2) is 11.2 Å². The van der Waals surface area contributed by atoms with Crippen molar-refractivity contribution in [1.82, 2.24) is 9.97 Å². The molecule has 0 saturated carbocycles. The Morgan fingerprint density at radius 3 is 1.43 bits per heavy atom. The second kappa shape index (κ2) is 8.60. The van der Waals surface area contributed by atoms with Gasteiger partial charge in [-0.1, -0.05) is 36.4 Å². The number of aromatic nitrogens is 2. The molecule has 0 unspecified atom stereocenters. The number of fused-ring (bicyclic) bond motifs is 2. The Morgan fingerprint density at radius 2 is 1.00 bits per heavy atom. The number of oxazole rings is 2. The van der Waals surface area contributed by atoms with Crippen LogP contribution in [0.5, 0.6) is 0 Å². The van der Waals surface area contributed by atoms with Crippen LogP contribution < -0.4 is 0 Å². The lowest BCUT2D eigenvalue weighted by Gasteiger charge is -1.97. The van der Waals surface area contributed by atoms with Crippen molar-refractivity contribution in [2.75, 3.05) is 0 Å². The van der Waals surface area contributed by atoms with Gasteiger partial charge in [0, 0.05) is 11.1 Å². The fraction of sp³-hybridized carbons (Fsp3) is 0.0645. The fourth-order valence-corrected chi connectivity index (χ4v) is 4.00. The first kappa shape index (κ1) is 20.9. The topological polar surface area (TPSA) is 52.1 Å². The van der Waals surface area contributed by atoms with Crippen molar-refractivity contribution in [3.05, 3.63) is 113 Å². The van der Waals surface area contributed by atoms with Crippen molar-refractivity contribution in [1.29, 1.82) is 0 Å². The van der Waals surface area contributed by atoms with Crippen LogP contribution in [0.25, 0.3) is 57.3 Å². The van der Waals surface area contributed by atoms with E-state index in [1.807, 2.05) is 97.1 Å². The number of nitrogens with zero attached hydrogens (tertiary/aromatic N) is 2. The zero-order valence-corrected chi connectivity index (χ0v) is 19.4. The Hall–Kier alpha value is -4.66.